The van der Waals surface area contributed by atoms with Crippen molar-refractivity contribution in [3.8, 4) is 39.5 Å². The number of alkyl carbamates (subject to hydrolysis) is 2. The summed E-state index contributed by atoms with van der Waals surface area (Å²) in [5.74, 6) is 1.39. The molecule has 2 saturated carbocycles. The van der Waals surface area contributed by atoms with Crippen molar-refractivity contribution in [2.24, 2.45) is 17.8 Å². The van der Waals surface area contributed by atoms with E-state index in [1.165, 1.54) is 50.8 Å². The molecule has 6 aromatic rings. The molecular weight excluding hydrogens is 990 g/mol. The molecule has 3 saturated heterocycles. The van der Waals surface area contributed by atoms with Crippen molar-refractivity contribution in [1.82, 2.24) is 44.9 Å². The van der Waals surface area contributed by atoms with Gasteiger partial charge in [0, 0.05) is 34.5 Å². The van der Waals surface area contributed by atoms with Crippen molar-refractivity contribution >= 4 is 46.2 Å². The third-order valence-electron chi connectivity index (χ3n) is 17.2. The van der Waals surface area contributed by atoms with Gasteiger partial charge in [0.2, 0.25) is 18.0 Å². The number of aromatic nitrogens is 5. The zero-order valence-electron chi connectivity index (χ0n) is 43.8. The van der Waals surface area contributed by atoms with Crippen LogP contribution in [-0.4, -0.2) is 110 Å². The van der Waals surface area contributed by atoms with E-state index in [2.05, 4.69) is 49.4 Å². The zero-order valence-corrected chi connectivity index (χ0v) is 44.6. The highest BCUT2D eigenvalue weighted by Crippen LogP contribution is 2.62. The summed E-state index contributed by atoms with van der Waals surface area (Å²) in [5.41, 5.74) is 4.15. The highest BCUT2D eigenvalue weighted by atomic mass is 32.1. The molecule has 2 aliphatic carbocycles. The number of hydrogen-bond donors (Lipinski definition) is 4. The summed E-state index contributed by atoms with van der Waals surface area (Å²) in [6.45, 7) is 8.84. The fourth-order valence-corrected chi connectivity index (χ4v) is 14.6. The van der Waals surface area contributed by atoms with Gasteiger partial charge in [-0.15, -0.1) is 11.3 Å². The second-order valence-electron chi connectivity index (χ2n) is 22.3. The van der Waals surface area contributed by atoms with E-state index in [4.69, 9.17) is 28.9 Å². The number of fused-ring (bicyclic) bond motifs is 6. The molecule has 4 amide bonds. The van der Waals surface area contributed by atoms with E-state index in [1.54, 1.807) is 22.4 Å². The van der Waals surface area contributed by atoms with Crippen molar-refractivity contribution in [2.45, 2.75) is 140 Å². The average Bonchev–Trinajstić information content (AvgIpc) is 4.29. The Hall–Kier alpha value is -6.73. The number of ether oxygens (including phenoxy) is 4. The molecule has 4 unspecified atom stereocenters. The lowest BCUT2D eigenvalue weighted by Crippen LogP contribution is -2.56. The number of hydrogen-bond acceptors (Lipinski definition) is 11. The number of benzene rings is 2. The largest absolute Gasteiger partial charge is 0.464 e. The maximum absolute atomic E-state index is 17.1. The molecule has 4 aromatic heterocycles. The van der Waals surface area contributed by atoms with Crippen LogP contribution in [0.2, 0.25) is 0 Å². The van der Waals surface area contributed by atoms with Crippen molar-refractivity contribution < 1.29 is 42.5 Å². The Morgan fingerprint density at radius 1 is 0.829 bits per heavy atom. The number of methoxy groups -OCH3 is 2. The van der Waals surface area contributed by atoms with Gasteiger partial charge in [-0.1, -0.05) is 32.8 Å². The minimum Gasteiger partial charge on any atom is -0.464 e. The van der Waals surface area contributed by atoms with Gasteiger partial charge in [-0.25, -0.2) is 23.9 Å². The number of thiophene rings is 1. The van der Waals surface area contributed by atoms with Crippen LogP contribution in [0.1, 0.15) is 131 Å². The summed E-state index contributed by atoms with van der Waals surface area (Å²) in [6, 6.07) is 14.1. The molecule has 400 valence electrons. The minimum absolute atomic E-state index is 0.0483. The number of carbonyl (C=O) groups is 4. The zero-order chi connectivity index (χ0) is 52.7. The fourth-order valence-electron chi connectivity index (χ4n) is 13.4. The van der Waals surface area contributed by atoms with Crippen molar-refractivity contribution in [3.63, 3.8) is 0 Å². The molecule has 4 N–H and O–H groups in total. The van der Waals surface area contributed by atoms with Gasteiger partial charge in [0.1, 0.15) is 40.8 Å². The number of aromatic amines is 2. The number of nitrogens with one attached hydrogen (secondary N) is 4. The first-order chi connectivity index (χ1) is 36.7. The second-order valence-corrected chi connectivity index (χ2v) is 23.4. The van der Waals surface area contributed by atoms with Gasteiger partial charge in [-0.05, 0) is 131 Å². The average molecular weight is 1060 g/mol. The van der Waals surface area contributed by atoms with Crippen molar-refractivity contribution in [1.29, 1.82) is 0 Å². The highest BCUT2D eigenvalue weighted by Gasteiger charge is 2.67. The molecule has 2 aromatic carbocycles. The number of likely N-dealkylation sites (tertiary alicyclic amines) is 2. The quantitative estimate of drug-likeness (QED) is 0.0915. The van der Waals surface area contributed by atoms with E-state index >= 15 is 4.39 Å². The van der Waals surface area contributed by atoms with Crippen LogP contribution in [-0.2, 0) is 29.3 Å². The van der Waals surface area contributed by atoms with E-state index < -0.39 is 41.9 Å². The van der Waals surface area contributed by atoms with Gasteiger partial charge in [0.05, 0.1) is 77.9 Å². The summed E-state index contributed by atoms with van der Waals surface area (Å²) in [7, 11) is 2.59. The van der Waals surface area contributed by atoms with Gasteiger partial charge in [0.25, 0.3) is 0 Å². The summed E-state index contributed by atoms with van der Waals surface area (Å²) >= 11 is 1.76. The van der Waals surface area contributed by atoms with Crippen LogP contribution in [0.15, 0.2) is 60.9 Å². The molecular formula is C57H66FN9O8S. The number of H-pyrrole nitrogens is 2. The third-order valence-corrected chi connectivity index (χ3v) is 18.4. The van der Waals surface area contributed by atoms with Crippen LogP contribution >= 0.6 is 11.3 Å². The predicted molar refractivity (Wildman–Crippen MR) is 283 cm³/mol. The number of imidazole rings is 2. The van der Waals surface area contributed by atoms with Gasteiger partial charge < -0.3 is 49.3 Å². The lowest BCUT2D eigenvalue weighted by atomic mass is 9.85. The van der Waals surface area contributed by atoms with Crippen molar-refractivity contribution in [3.05, 3.63) is 88.1 Å². The standard InChI is InChI=1S/C57H66FN9O8S/c1-29(2)48(63-55(70)72-5)51(68)65-18-9-12-42(65)50-59-27-40(61-50)34-23-38(58)47-43-24-35-22-33(13-14-41(35)67(43)53(75-44(47)25-34)46-16-15-45(76-46)32-10-7-8-11-32)39-28-60-54(62-39)57-26-37(57)17-19-66(57)52(69)49(64-56(71)73-6)36-20-30(3)74-31(4)21-36/h13-16,22-25,27-32,36-37,42,48-49,53H,7-12,17-21,26H2,1-6H3,(H,59,61)(H,60,62)(H,63,70)(H,64,71)/t30-,31+,36?,37-,42-,48-,49?,53?,57?/m0/s1. The van der Waals surface area contributed by atoms with Gasteiger partial charge >= 0.3 is 12.2 Å². The normalized spacial score (nSPS) is 25.7. The van der Waals surface area contributed by atoms with Crippen LogP contribution < -0.4 is 15.4 Å². The van der Waals surface area contributed by atoms with E-state index in [0.717, 1.165) is 52.1 Å². The number of piperidine rings is 1. The molecule has 19 heteroatoms. The summed E-state index contributed by atoms with van der Waals surface area (Å²) in [4.78, 5) is 76.3. The van der Waals surface area contributed by atoms with Crippen LogP contribution in [0.4, 0.5) is 14.0 Å². The molecule has 12 rings (SSSR count). The first kappa shape index (κ1) is 50.1. The Kier molecular flexibility index (Phi) is 13.0. The lowest BCUT2D eigenvalue weighted by molar-refractivity contribution is -0.140. The Morgan fingerprint density at radius 3 is 2.32 bits per heavy atom. The summed E-state index contributed by atoms with van der Waals surface area (Å²) in [5, 5.41) is 6.50. The van der Waals surface area contributed by atoms with Gasteiger partial charge in [-0.2, -0.15) is 0 Å². The number of rotatable bonds is 12. The highest BCUT2D eigenvalue weighted by molar-refractivity contribution is 7.12. The Bertz CT molecular complexity index is 3220. The molecule has 6 aliphatic rings. The Morgan fingerprint density at radius 2 is 1.57 bits per heavy atom. The topological polar surface area (TPSA) is 198 Å². The van der Waals surface area contributed by atoms with Crippen LogP contribution in [0, 0.1) is 23.6 Å². The number of carbonyl (C=O) groups excluding carboxylic acids is 4. The van der Waals surface area contributed by atoms with Crippen LogP contribution in [0.25, 0.3) is 44.7 Å². The molecule has 17 nitrogen and oxygen atoms in total. The van der Waals surface area contributed by atoms with Gasteiger partial charge in [0.15, 0.2) is 0 Å². The number of amides is 4. The third kappa shape index (κ3) is 8.70. The van der Waals surface area contributed by atoms with Crippen LogP contribution in [0.5, 0.6) is 5.75 Å². The van der Waals surface area contributed by atoms with E-state index in [1.807, 2.05) is 57.0 Å². The molecule has 4 aliphatic heterocycles. The molecule has 8 heterocycles. The first-order valence-electron chi connectivity index (χ1n) is 27.1. The van der Waals surface area contributed by atoms with E-state index in [-0.39, 0.29) is 47.8 Å². The molecule has 9 atom stereocenters. The molecule has 0 radical (unpaired) electrons. The minimum atomic E-state index is -0.772. The molecule has 76 heavy (non-hydrogen) atoms. The van der Waals surface area contributed by atoms with Crippen LogP contribution in [0.3, 0.4) is 0 Å². The maximum Gasteiger partial charge on any atom is 0.407 e. The fraction of sp³-hybridized carbons (Fsp3) is 0.509. The molecule has 0 spiro atoms. The SMILES string of the molecule is COC(=O)NC(C(=O)N1CC[C@H]2CC21c1ncc(-c2ccc3c(c2)cc2n3C(c3ccc(C4CCCC4)s3)Oc3cc(-c4cnc([C@@H]5CCCN5C(=O)[C@@H](NC(=O)OC)C(C)C)[nH]4)cc(F)c3-2)[nH]1)C1C[C@@H](C)O[C@@H](C)C1. The van der Waals surface area contributed by atoms with Gasteiger partial charge in [-0.3, -0.25) is 14.2 Å². The molecule has 5 fully saturated rings. The first-order valence-corrected chi connectivity index (χ1v) is 27.9. The predicted octanol–water partition coefficient (Wildman–Crippen LogP) is 10.3. The Balaban J connectivity index is 0.861. The Labute approximate surface area is 444 Å². The summed E-state index contributed by atoms with van der Waals surface area (Å²) in [6.07, 6.45) is 10.6. The molecule has 0 bridgehead atoms. The van der Waals surface area contributed by atoms with E-state index in [0.29, 0.717) is 72.4 Å². The second kappa shape index (κ2) is 19.7. The summed E-state index contributed by atoms with van der Waals surface area (Å²) < 4.78 is 42.1. The number of nitrogens with zero attached hydrogens (tertiary/aromatic N) is 5. The smallest absolute Gasteiger partial charge is 0.407 e. The van der Waals surface area contributed by atoms with E-state index in [9.17, 15) is 19.2 Å². The van der Waals surface area contributed by atoms with Crippen molar-refractivity contribution in [2.75, 3.05) is 27.3 Å². The number of halogens is 1. The lowest BCUT2D eigenvalue weighted by Gasteiger charge is -2.39. The maximum atomic E-state index is 17.1. The monoisotopic (exact) mass is 1060 g/mol.